The summed E-state index contributed by atoms with van der Waals surface area (Å²) in [5, 5.41) is 5.80. The Balaban J connectivity index is 1.65. The van der Waals surface area contributed by atoms with Gasteiger partial charge in [-0.15, -0.1) is 0 Å². The van der Waals surface area contributed by atoms with E-state index >= 15 is 0 Å². The van der Waals surface area contributed by atoms with Crippen molar-refractivity contribution in [2.75, 3.05) is 10.6 Å². The van der Waals surface area contributed by atoms with Crippen LogP contribution in [0.3, 0.4) is 0 Å². The molecule has 0 bridgehead atoms. The molecule has 2 aromatic rings. The second-order valence-electron chi connectivity index (χ2n) is 5.87. The molecule has 2 N–H and O–H groups in total. The number of carbonyl (C=O) groups is 2. The molecule has 0 saturated heterocycles. The summed E-state index contributed by atoms with van der Waals surface area (Å²) < 4.78 is 0. The van der Waals surface area contributed by atoms with Gasteiger partial charge in [-0.1, -0.05) is 37.1 Å². The van der Waals surface area contributed by atoms with Gasteiger partial charge in [0.15, 0.2) is 0 Å². The van der Waals surface area contributed by atoms with Gasteiger partial charge in [0.25, 0.3) is 5.91 Å². The molecule has 4 nitrogen and oxygen atoms in total. The van der Waals surface area contributed by atoms with Gasteiger partial charge >= 0.3 is 0 Å². The lowest BCUT2D eigenvalue weighted by Crippen LogP contribution is -2.20. The highest BCUT2D eigenvalue weighted by molar-refractivity contribution is 6.04. The van der Waals surface area contributed by atoms with E-state index < -0.39 is 0 Å². The molecule has 118 valence electrons. The van der Waals surface area contributed by atoms with E-state index in [-0.39, 0.29) is 17.7 Å². The number of benzene rings is 2. The summed E-state index contributed by atoms with van der Waals surface area (Å²) in [5.41, 5.74) is 1.99. The van der Waals surface area contributed by atoms with Gasteiger partial charge in [-0.2, -0.15) is 0 Å². The highest BCUT2D eigenvalue weighted by Crippen LogP contribution is 2.26. The molecule has 0 heterocycles. The summed E-state index contributed by atoms with van der Waals surface area (Å²) in [4.78, 5) is 24.3. The van der Waals surface area contributed by atoms with Crippen LogP contribution in [0.1, 0.15) is 36.0 Å². The van der Waals surface area contributed by atoms with Crippen LogP contribution in [0.15, 0.2) is 54.6 Å². The first kappa shape index (κ1) is 15.3. The number of anilines is 2. The molecule has 0 unspecified atom stereocenters. The molecular formula is C19H20N2O2. The molecule has 0 spiro atoms. The van der Waals surface area contributed by atoms with E-state index in [1.807, 2.05) is 36.4 Å². The van der Waals surface area contributed by atoms with E-state index in [1.54, 1.807) is 18.2 Å². The lowest BCUT2D eigenvalue weighted by molar-refractivity contribution is -0.119. The van der Waals surface area contributed by atoms with Crippen molar-refractivity contribution in [2.45, 2.75) is 25.7 Å². The number of rotatable bonds is 4. The summed E-state index contributed by atoms with van der Waals surface area (Å²) in [5.74, 6) is 0.0384. The topological polar surface area (TPSA) is 58.2 Å². The molecule has 2 amide bonds. The molecule has 2 aromatic carbocycles. The van der Waals surface area contributed by atoms with Crippen LogP contribution in [0.2, 0.25) is 0 Å². The molecule has 0 aliphatic heterocycles. The van der Waals surface area contributed by atoms with Crippen molar-refractivity contribution in [1.82, 2.24) is 0 Å². The SMILES string of the molecule is O=C(Nc1cccc(NC(=O)C2CCCC2)c1)c1ccccc1. The third kappa shape index (κ3) is 3.97. The van der Waals surface area contributed by atoms with Crippen molar-refractivity contribution in [3.8, 4) is 0 Å². The van der Waals surface area contributed by atoms with Crippen LogP contribution in [0.25, 0.3) is 0 Å². The molecule has 3 rings (SSSR count). The number of hydrogen-bond acceptors (Lipinski definition) is 2. The Kier molecular flexibility index (Phi) is 4.71. The third-order valence-corrected chi connectivity index (χ3v) is 4.15. The number of amides is 2. The zero-order chi connectivity index (χ0) is 16.1. The van der Waals surface area contributed by atoms with E-state index in [1.165, 1.54) is 0 Å². The van der Waals surface area contributed by atoms with Crippen LogP contribution < -0.4 is 10.6 Å². The minimum Gasteiger partial charge on any atom is -0.326 e. The van der Waals surface area contributed by atoms with E-state index in [0.29, 0.717) is 16.9 Å². The first-order chi connectivity index (χ1) is 11.2. The fraction of sp³-hybridized carbons (Fsp3) is 0.263. The lowest BCUT2D eigenvalue weighted by atomic mass is 10.1. The first-order valence-electron chi connectivity index (χ1n) is 8.00. The zero-order valence-electron chi connectivity index (χ0n) is 12.9. The molecule has 0 atom stereocenters. The van der Waals surface area contributed by atoms with Gasteiger partial charge in [-0.25, -0.2) is 0 Å². The van der Waals surface area contributed by atoms with Crippen LogP contribution in [0.4, 0.5) is 11.4 Å². The maximum Gasteiger partial charge on any atom is 0.255 e. The van der Waals surface area contributed by atoms with Crippen LogP contribution >= 0.6 is 0 Å². The van der Waals surface area contributed by atoms with Gasteiger partial charge in [0.1, 0.15) is 0 Å². The smallest absolute Gasteiger partial charge is 0.255 e. The number of carbonyl (C=O) groups excluding carboxylic acids is 2. The fourth-order valence-electron chi connectivity index (χ4n) is 2.90. The quantitative estimate of drug-likeness (QED) is 0.894. The van der Waals surface area contributed by atoms with Gasteiger partial charge in [-0.05, 0) is 43.2 Å². The molecule has 1 aliphatic carbocycles. The Morgan fingerprint density at radius 1 is 0.826 bits per heavy atom. The first-order valence-corrected chi connectivity index (χ1v) is 8.00. The van der Waals surface area contributed by atoms with Crippen LogP contribution in [0.5, 0.6) is 0 Å². The maximum absolute atomic E-state index is 12.2. The third-order valence-electron chi connectivity index (χ3n) is 4.15. The average molecular weight is 308 g/mol. The van der Waals surface area contributed by atoms with E-state index in [4.69, 9.17) is 0 Å². The van der Waals surface area contributed by atoms with Crippen molar-refractivity contribution in [1.29, 1.82) is 0 Å². The Labute approximate surface area is 135 Å². The minimum absolute atomic E-state index is 0.0778. The molecule has 0 radical (unpaired) electrons. The van der Waals surface area contributed by atoms with Gasteiger partial charge in [0.05, 0.1) is 0 Å². The number of hydrogen-bond donors (Lipinski definition) is 2. The summed E-state index contributed by atoms with van der Waals surface area (Å²) in [6.07, 6.45) is 4.20. The number of nitrogens with one attached hydrogen (secondary N) is 2. The fourth-order valence-corrected chi connectivity index (χ4v) is 2.90. The highest BCUT2D eigenvalue weighted by atomic mass is 16.2. The Morgan fingerprint density at radius 3 is 2.17 bits per heavy atom. The van der Waals surface area contributed by atoms with Crippen LogP contribution in [-0.2, 0) is 4.79 Å². The highest BCUT2D eigenvalue weighted by Gasteiger charge is 2.22. The second kappa shape index (κ2) is 7.09. The van der Waals surface area contributed by atoms with Crippen molar-refractivity contribution in [3.63, 3.8) is 0 Å². The summed E-state index contributed by atoms with van der Waals surface area (Å²) in [6.45, 7) is 0. The normalized spacial score (nSPS) is 14.4. The molecule has 0 aromatic heterocycles. The summed E-state index contributed by atoms with van der Waals surface area (Å²) in [6, 6.07) is 16.3. The average Bonchev–Trinajstić information content (AvgIpc) is 3.10. The van der Waals surface area contributed by atoms with E-state index in [0.717, 1.165) is 25.7 Å². The van der Waals surface area contributed by atoms with Crippen molar-refractivity contribution < 1.29 is 9.59 Å². The van der Waals surface area contributed by atoms with Gasteiger partial charge < -0.3 is 10.6 Å². The van der Waals surface area contributed by atoms with Gasteiger partial charge in [0, 0.05) is 22.9 Å². The summed E-state index contributed by atoms with van der Waals surface area (Å²) in [7, 11) is 0. The van der Waals surface area contributed by atoms with Gasteiger partial charge in [-0.3, -0.25) is 9.59 Å². The Morgan fingerprint density at radius 2 is 1.48 bits per heavy atom. The summed E-state index contributed by atoms with van der Waals surface area (Å²) >= 11 is 0. The molecular weight excluding hydrogens is 288 g/mol. The standard InChI is InChI=1S/C19H20N2O2/c22-18(14-7-2-1-3-8-14)20-16-11-6-12-17(13-16)21-19(23)15-9-4-5-10-15/h1-3,6-8,11-13,15H,4-5,9-10H2,(H,20,22)(H,21,23). The molecule has 23 heavy (non-hydrogen) atoms. The van der Waals surface area contributed by atoms with Crippen molar-refractivity contribution in [3.05, 3.63) is 60.2 Å². The van der Waals surface area contributed by atoms with Crippen molar-refractivity contribution >= 4 is 23.2 Å². The molecule has 1 saturated carbocycles. The predicted octanol–water partition coefficient (Wildman–Crippen LogP) is 4.07. The van der Waals surface area contributed by atoms with Crippen LogP contribution in [-0.4, -0.2) is 11.8 Å². The van der Waals surface area contributed by atoms with Gasteiger partial charge in [0.2, 0.25) is 5.91 Å². The zero-order valence-corrected chi connectivity index (χ0v) is 12.9. The minimum atomic E-state index is -0.162. The molecule has 1 fully saturated rings. The van der Waals surface area contributed by atoms with E-state index in [2.05, 4.69) is 10.6 Å². The monoisotopic (exact) mass is 308 g/mol. The van der Waals surface area contributed by atoms with Crippen molar-refractivity contribution in [2.24, 2.45) is 5.92 Å². The van der Waals surface area contributed by atoms with E-state index in [9.17, 15) is 9.59 Å². The van der Waals surface area contributed by atoms with Crippen LogP contribution in [0, 0.1) is 5.92 Å². The molecule has 1 aliphatic rings. The lowest BCUT2D eigenvalue weighted by Gasteiger charge is -2.12. The largest absolute Gasteiger partial charge is 0.326 e. The Bertz CT molecular complexity index is 692. The Hall–Kier alpha value is -2.62. The maximum atomic E-state index is 12.2. The predicted molar refractivity (Wildman–Crippen MR) is 91.4 cm³/mol. The molecule has 4 heteroatoms. The second-order valence-corrected chi connectivity index (χ2v) is 5.87.